The Morgan fingerprint density at radius 1 is 1.36 bits per heavy atom. The lowest BCUT2D eigenvalue weighted by Crippen LogP contribution is -2.35. The number of rotatable bonds is 6. The SMILES string of the molecule is O=C(NC[C@@H]1CCN(Cc2cccs2)C1)C(=O)c1ccco1. The van der Waals surface area contributed by atoms with Gasteiger partial charge in [-0.05, 0) is 42.5 Å². The van der Waals surface area contributed by atoms with Crippen LogP contribution in [-0.2, 0) is 11.3 Å². The summed E-state index contributed by atoms with van der Waals surface area (Å²) in [6.45, 7) is 3.48. The van der Waals surface area contributed by atoms with Gasteiger partial charge in [0.15, 0.2) is 5.76 Å². The van der Waals surface area contributed by atoms with Crippen LogP contribution in [0.25, 0.3) is 0 Å². The second kappa shape index (κ2) is 6.89. The van der Waals surface area contributed by atoms with Gasteiger partial charge in [0, 0.05) is 24.5 Å². The van der Waals surface area contributed by atoms with E-state index in [0.29, 0.717) is 12.5 Å². The smallest absolute Gasteiger partial charge is 0.295 e. The van der Waals surface area contributed by atoms with Crippen molar-refractivity contribution in [2.45, 2.75) is 13.0 Å². The van der Waals surface area contributed by atoms with Crippen LogP contribution in [0.5, 0.6) is 0 Å². The molecule has 5 nitrogen and oxygen atoms in total. The van der Waals surface area contributed by atoms with E-state index in [1.807, 2.05) is 0 Å². The van der Waals surface area contributed by atoms with Crippen molar-refractivity contribution in [3.05, 3.63) is 46.5 Å². The highest BCUT2D eigenvalue weighted by Crippen LogP contribution is 2.20. The van der Waals surface area contributed by atoms with Crippen LogP contribution in [0, 0.1) is 5.92 Å². The maximum Gasteiger partial charge on any atom is 0.295 e. The molecule has 1 aliphatic heterocycles. The molecule has 1 atom stereocenters. The number of amides is 1. The van der Waals surface area contributed by atoms with Crippen LogP contribution in [0.3, 0.4) is 0 Å². The molecule has 3 heterocycles. The molecule has 0 saturated carbocycles. The summed E-state index contributed by atoms with van der Waals surface area (Å²) in [6, 6.07) is 7.30. The van der Waals surface area contributed by atoms with Gasteiger partial charge >= 0.3 is 0 Å². The Morgan fingerprint density at radius 2 is 2.27 bits per heavy atom. The Morgan fingerprint density at radius 3 is 3.00 bits per heavy atom. The summed E-state index contributed by atoms with van der Waals surface area (Å²) in [5, 5.41) is 4.81. The van der Waals surface area contributed by atoms with Crippen molar-refractivity contribution in [2.75, 3.05) is 19.6 Å². The van der Waals surface area contributed by atoms with Gasteiger partial charge in [0.2, 0.25) is 0 Å². The molecular formula is C16H18N2O3S. The largest absolute Gasteiger partial charge is 0.461 e. The van der Waals surface area contributed by atoms with E-state index in [-0.39, 0.29) is 5.76 Å². The van der Waals surface area contributed by atoms with E-state index >= 15 is 0 Å². The second-order valence-corrected chi connectivity index (χ2v) is 6.52. The quantitative estimate of drug-likeness (QED) is 0.655. The third-order valence-electron chi connectivity index (χ3n) is 3.83. The van der Waals surface area contributed by atoms with Crippen LogP contribution in [0.4, 0.5) is 0 Å². The number of Topliss-reactive ketones (excluding diaryl/α,β-unsaturated/α-hetero) is 1. The molecule has 1 aliphatic rings. The first-order valence-electron chi connectivity index (χ1n) is 7.33. The molecule has 22 heavy (non-hydrogen) atoms. The summed E-state index contributed by atoms with van der Waals surface area (Å²) < 4.78 is 4.95. The molecule has 3 rings (SSSR count). The summed E-state index contributed by atoms with van der Waals surface area (Å²) in [7, 11) is 0. The van der Waals surface area contributed by atoms with Crippen molar-refractivity contribution in [1.29, 1.82) is 0 Å². The molecule has 0 bridgehead atoms. The molecule has 0 aromatic carbocycles. The van der Waals surface area contributed by atoms with Crippen molar-refractivity contribution in [3.63, 3.8) is 0 Å². The number of hydrogen-bond donors (Lipinski definition) is 1. The predicted molar refractivity (Wildman–Crippen MR) is 83.8 cm³/mol. The fraction of sp³-hybridized carbons (Fsp3) is 0.375. The van der Waals surface area contributed by atoms with Crippen LogP contribution in [-0.4, -0.2) is 36.2 Å². The molecule has 1 fully saturated rings. The molecule has 0 radical (unpaired) electrons. The first kappa shape index (κ1) is 15.0. The zero-order valence-electron chi connectivity index (χ0n) is 12.2. The third-order valence-corrected chi connectivity index (χ3v) is 4.69. The van der Waals surface area contributed by atoms with Crippen molar-refractivity contribution in [2.24, 2.45) is 5.92 Å². The van der Waals surface area contributed by atoms with E-state index in [4.69, 9.17) is 4.42 Å². The van der Waals surface area contributed by atoms with Gasteiger partial charge in [-0.2, -0.15) is 0 Å². The number of carbonyl (C=O) groups excluding carboxylic acids is 2. The average Bonchev–Trinajstić information content (AvgIpc) is 3.27. The van der Waals surface area contributed by atoms with Gasteiger partial charge in [0.1, 0.15) is 0 Å². The first-order valence-corrected chi connectivity index (χ1v) is 8.21. The second-order valence-electron chi connectivity index (χ2n) is 5.49. The summed E-state index contributed by atoms with van der Waals surface area (Å²) in [5.74, 6) is -0.721. The van der Waals surface area contributed by atoms with Crippen LogP contribution in [0.15, 0.2) is 40.3 Å². The Bertz CT molecular complexity index is 622. The summed E-state index contributed by atoms with van der Waals surface area (Å²) in [4.78, 5) is 27.3. The number of nitrogens with one attached hydrogen (secondary N) is 1. The molecule has 6 heteroatoms. The average molecular weight is 318 g/mol. The van der Waals surface area contributed by atoms with Crippen LogP contribution >= 0.6 is 11.3 Å². The maximum atomic E-state index is 11.8. The van der Waals surface area contributed by atoms with E-state index in [1.54, 1.807) is 17.4 Å². The van der Waals surface area contributed by atoms with E-state index in [0.717, 1.165) is 26.1 Å². The number of furan rings is 1. The summed E-state index contributed by atoms with van der Waals surface area (Å²) in [6.07, 6.45) is 2.43. The van der Waals surface area contributed by atoms with Gasteiger partial charge in [-0.1, -0.05) is 6.07 Å². The van der Waals surface area contributed by atoms with Crippen molar-refractivity contribution < 1.29 is 14.0 Å². The van der Waals surface area contributed by atoms with Crippen molar-refractivity contribution in [3.8, 4) is 0 Å². The Kier molecular flexibility index (Phi) is 4.70. The first-order chi connectivity index (χ1) is 10.7. The van der Waals surface area contributed by atoms with Gasteiger partial charge in [0.25, 0.3) is 11.7 Å². The van der Waals surface area contributed by atoms with Gasteiger partial charge < -0.3 is 9.73 Å². The van der Waals surface area contributed by atoms with Crippen molar-refractivity contribution >= 4 is 23.0 Å². The fourth-order valence-corrected chi connectivity index (χ4v) is 3.43. The minimum atomic E-state index is -0.613. The zero-order chi connectivity index (χ0) is 15.4. The number of ketones is 1. The summed E-state index contributed by atoms with van der Waals surface area (Å²) >= 11 is 1.77. The minimum Gasteiger partial charge on any atom is -0.461 e. The van der Waals surface area contributed by atoms with Gasteiger partial charge in [-0.3, -0.25) is 14.5 Å². The predicted octanol–water partition coefficient (Wildman–Crippen LogP) is 2.16. The molecule has 2 aromatic heterocycles. The molecule has 1 N–H and O–H groups in total. The molecule has 2 aromatic rings. The lowest BCUT2D eigenvalue weighted by molar-refractivity contribution is -0.117. The van der Waals surface area contributed by atoms with Gasteiger partial charge in [0.05, 0.1) is 6.26 Å². The maximum absolute atomic E-state index is 11.8. The zero-order valence-corrected chi connectivity index (χ0v) is 13.0. The van der Waals surface area contributed by atoms with Crippen LogP contribution in [0.1, 0.15) is 21.9 Å². The summed E-state index contributed by atoms with van der Waals surface area (Å²) in [5.41, 5.74) is 0. The highest BCUT2D eigenvalue weighted by atomic mass is 32.1. The number of likely N-dealkylation sites (tertiary alicyclic amines) is 1. The van der Waals surface area contributed by atoms with Crippen LogP contribution in [0.2, 0.25) is 0 Å². The van der Waals surface area contributed by atoms with E-state index in [9.17, 15) is 9.59 Å². The number of nitrogens with zero attached hydrogens (tertiary/aromatic N) is 1. The molecule has 1 saturated heterocycles. The van der Waals surface area contributed by atoms with Gasteiger partial charge in [-0.25, -0.2) is 0 Å². The topological polar surface area (TPSA) is 62.6 Å². The highest BCUT2D eigenvalue weighted by Gasteiger charge is 2.25. The Balaban J connectivity index is 1.43. The van der Waals surface area contributed by atoms with Crippen molar-refractivity contribution in [1.82, 2.24) is 10.2 Å². The minimum absolute atomic E-state index is 0.0863. The highest BCUT2D eigenvalue weighted by molar-refractivity contribution is 7.09. The number of carbonyl (C=O) groups is 2. The molecule has 0 aliphatic carbocycles. The van der Waals surface area contributed by atoms with E-state index in [2.05, 4.69) is 27.7 Å². The number of thiophene rings is 1. The Hall–Kier alpha value is -1.92. The molecule has 0 spiro atoms. The standard InChI is InChI=1S/C16H18N2O3S/c19-15(14-4-1-7-21-14)16(20)17-9-12-5-6-18(10-12)11-13-3-2-8-22-13/h1-4,7-8,12H,5-6,9-11H2,(H,17,20)/t12-/m0/s1. The van der Waals surface area contributed by atoms with Gasteiger partial charge in [-0.15, -0.1) is 11.3 Å². The molecule has 116 valence electrons. The molecular weight excluding hydrogens is 300 g/mol. The van der Waals surface area contributed by atoms with E-state index in [1.165, 1.54) is 17.2 Å². The molecule has 1 amide bonds. The monoisotopic (exact) mass is 318 g/mol. The molecule has 0 unspecified atom stereocenters. The third kappa shape index (κ3) is 3.64. The number of hydrogen-bond acceptors (Lipinski definition) is 5. The Labute approximate surface area is 132 Å². The van der Waals surface area contributed by atoms with E-state index < -0.39 is 11.7 Å². The fourth-order valence-electron chi connectivity index (χ4n) is 2.68. The lowest BCUT2D eigenvalue weighted by Gasteiger charge is -2.15. The van der Waals surface area contributed by atoms with Crippen LogP contribution < -0.4 is 5.32 Å². The normalized spacial score (nSPS) is 18.5. The lowest BCUT2D eigenvalue weighted by atomic mass is 10.1.